The maximum atomic E-state index is 11.7. The number of nitrogens with zero attached hydrogens (tertiary/aromatic N) is 1. The Labute approximate surface area is 119 Å². The predicted molar refractivity (Wildman–Crippen MR) is 68.5 cm³/mol. The first-order valence-corrected chi connectivity index (χ1v) is 6.04. The van der Waals surface area contributed by atoms with Crippen LogP contribution in [0.25, 0.3) is 6.08 Å². The maximum Gasteiger partial charge on any atom is 0.348 e. The molecule has 0 aromatic carbocycles. The molecule has 1 fully saturated rings. The molecule has 0 radical (unpaired) electrons. The molecule has 0 amide bonds. The number of hydrogen-bond donors (Lipinski definition) is 0. The van der Waals surface area contributed by atoms with Crippen LogP contribution in [0.4, 0.5) is 0 Å². The van der Waals surface area contributed by atoms with Gasteiger partial charge in [-0.15, -0.1) is 0 Å². The van der Waals surface area contributed by atoms with Gasteiger partial charge in [0.1, 0.15) is 15.9 Å². The summed E-state index contributed by atoms with van der Waals surface area (Å²) in [6.45, 7) is 2.94. The largest absolute Gasteiger partial charge is 0.419 e. The number of hydrogen-bond acceptors (Lipinski definition) is 5. The number of esters is 2. The number of ether oxygens (including phenoxy) is 2. The SMILES string of the molecule is CC1(C)OC(=O)C(=Cc2cc(Cl)nc(Cl)c2)C(=O)O1. The van der Waals surface area contributed by atoms with Crippen molar-refractivity contribution < 1.29 is 19.1 Å². The molecule has 1 aliphatic heterocycles. The van der Waals surface area contributed by atoms with Crippen molar-refractivity contribution >= 4 is 41.2 Å². The standard InChI is InChI=1S/C12H9Cl2NO4/c1-12(2)18-10(16)7(11(17)19-12)3-6-4-8(13)15-9(14)5-6/h3-5H,1-2H3. The molecule has 1 aromatic heterocycles. The van der Waals surface area contributed by atoms with Crippen molar-refractivity contribution in [1.82, 2.24) is 4.98 Å². The van der Waals surface area contributed by atoms with E-state index in [1.165, 1.54) is 32.1 Å². The molecule has 0 saturated carbocycles. The first-order chi connectivity index (χ1) is 8.77. The fourth-order valence-corrected chi connectivity index (χ4v) is 1.99. The number of rotatable bonds is 1. The van der Waals surface area contributed by atoms with Gasteiger partial charge in [-0.1, -0.05) is 23.2 Å². The highest BCUT2D eigenvalue weighted by atomic mass is 35.5. The van der Waals surface area contributed by atoms with E-state index in [-0.39, 0.29) is 15.9 Å². The number of aromatic nitrogens is 1. The van der Waals surface area contributed by atoms with Crippen molar-refractivity contribution in [3.05, 3.63) is 33.6 Å². The van der Waals surface area contributed by atoms with Crippen molar-refractivity contribution in [2.45, 2.75) is 19.6 Å². The molecular weight excluding hydrogens is 293 g/mol. The molecule has 1 aliphatic rings. The average Bonchev–Trinajstić information content (AvgIpc) is 2.20. The Kier molecular flexibility index (Phi) is 3.52. The number of halogens is 2. The van der Waals surface area contributed by atoms with Gasteiger partial charge in [-0.3, -0.25) is 0 Å². The van der Waals surface area contributed by atoms with E-state index >= 15 is 0 Å². The topological polar surface area (TPSA) is 65.5 Å². The van der Waals surface area contributed by atoms with Crippen LogP contribution in [0, 0.1) is 0 Å². The number of carbonyl (C=O) groups is 2. The number of carbonyl (C=O) groups excluding carboxylic acids is 2. The molecule has 0 unspecified atom stereocenters. The zero-order valence-electron chi connectivity index (χ0n) is 10.1. The van der Waals surface area contributed by atoms with Gasteiger partial charge < -0.3 is 9.47 Å². The zero-order chi connectivity index (χ0) is 14.2. The summed E-state index contributed by atoms with van der Waals surface area (Å²) in [6.07, 6.45) is 1.29. The third-order valence-electron chi connectivity index (χ3n) is 2.21. The van der Waals surface area contributed by atoms with Crippen LogP contribution in [0.5, 0.6) is 0 Å². The normalized spacial score (nSPS) is 17.8. The minimum absolute atomic E-state index is 0.150. The summed E-state index contributed by atoms with van der Waals surface area (Å²) in [4.78, 5) is 27.2. The summed E-state index contributed by atoms with van der Waals surface area (Å²) in [5.41, 5.74) is 0.228. The molecule has 2 rings (SSSR count). The average molecular weight is 302 g/mol. The smallest absolute Gasteiger partial charge is 0.348 e. The minimum Gasteiger partial charge on any atom is -0.419 e. The lowest BCUT2D eigenvalue weighted by atomic mass is 10.1. The van der Waals surface area contributed by atoms with E-state index in [1.54, 1.807) is 0 Å². The van der Waals surface area contributed by atoms with Crippen LogP contribution in [0.1, 0.15) is 19.4 Å². The molecule has 1 aromatic rings. The van der Waals surface area contributed by atoms with Crippen molar-refractivity contribution in [3.63, 3.8) is 0 Å². The van der Waals surface area contributed by atoms with E-state index in [0.29, 0.717) is 5.56 Å². The van der Waals surface area contributed by atoms with Gasteiger partial charge in [0.2, 0.25) is 0 Å². The van der Waals surface area contributed by atoms with E-state index in [1.807, 2.05) is 0 Å². The van der Waals surface area contributed by atoms with Crippen molar-refractivity contribution in [2.75, 3.05) is 0 Å². The van der Waals surface area contributed by atoms with E-state index in [4.69, 9.17) is 32.7 Å². The Morgan fingerprint density at radius 3 is 2.05 bits per heavy atom. The van der Waals surface area contributed by atoms with Crippen LogP contribution in [0.2, 0.25) is 10.3 Å². The second kappa shape index (κ2) is 4.83. The maximum absolute atomic E-state index is 11.7. The lowest BCUT2D eigenvalue weighted by molar-refractivity contribution is -0.222. The summed E-state index contributed by atoms with van der Waals surface area (Å²) in [7, 11) is 0. The van der Waals surface area contributed by atoms with Gasteiger partial charge in [0.15, 0.2) is 0 Å². The van der Waals surface area contributed by atoms with E-state index in [9.17, 15) is 9.59 Å². The molecule has 0 spiro atoms. The van der Waals surface area contributed by atoms with Gasteiger partial charge in [0, 0.05) is 13.8 Å². The van der Waals surface area contributed by atoms with Gasteiger partial charge in [0.05, 0.1) is 0 Å². The van der Waals surface area contributed by atoms with Crippen molar-refractivity contribution in [3.8, 4) is 0 Å². The van der Waals surface area contributed by atoms with Crippen LogP contribution in [0.3, 0.4) is 0 Å². The van der Waals surface area contributed by atoms with E-state index < -0.39 is 17.7 Å². The van der Waals surface area contributed by atoms with E-state index in [2.05, 4.69) is 4.98 Å². The Morgan fingerprint density at radius 2 is 1.58 bits per heavy atom. The minimum atomic E-state index is -1.26. The van der Waals surface area contributed by atoms with Gasteiger partial charge in [-0.2, -0.15) is 0 Å². The van der Waals surface area contributed by atoms with Crippen LogP contribution in [0.15, 0.2) is 17.7 Å². The summed E-state index contributed by atoms with van der Waals surface area (Å²) in [5.74, 6) is -2.78. The molecule has 0 atom stereocenters. The van der Waals surface area contributed by atoms with Gasteiger partial charge in [0.25, 0.3) is 5.79 Å². The molecule has 0 bridgehead atoms. The fourth-order valence-electron chi connectivity index (χ4n) is 1.51. The van der Waals surface area contributed by atoms with Crippen LogP contribution >= 0.6 is 23.2 Å². The Morgan fingerprint density at radius 1 is 1.11 bits per heavy atom. The van der Waals surface area contributed by atoms with Gasteiger partial charge in [-0.25, -0.2) is 14.6 Å². The molecule has 2 heterocycles. The van der Waals surface area contributed by atoms with Gasteiger partial charge >= 0.3 is 11.9 Å². The Hall–Kier alpha value is -1.59. The lowest BCUT2D eigenvalue weighted by Crippen LogP contribution is -2.41. The quantitative estimate of drug-likeness (QED) is 0.345. The summed E-state index contributed by atoms with van der Waals surface area (Å²) in [6, 6.07) is 2.92. The first-order valence-electron chi connectivity index (χ1n) is 5.28. The highest BCUT2D eigenvalue weighted by molar-refractivity contribution is 6.32. The number of pyridine rings is 1. The van der Waals surface area contributed by atoms with Crippen LogP contribution in [-0.2, 0) is 19.1 Å². The molecule has 5 nitrogen and oxygen atoms in total. The molecule has 100 valence electrons. The summed E-state index contributed by atoms with van der Waals surface area (Å²) in [5, 5.41) is 0.300. The van der Waals surface area contributed by atoms with E-state index in [0.717, 1.165) is 0 Å². The third kappa shape index (κ3) is 3.24. The molecule has 7 heteroatoms. The monoisotopic (exact) mass is 301 g/mol. The molecule has 19 heavy (non-hydrogen) atoms. The second-order valence-electron chi connectivity index (χ2n) is 4.28. The number of cyclic esters (lactones) is 2. The predicted octanol–water partition coefficient (Wildman–Crippen LogP) is 2.61. The molecular formula is C12H9Cl2NO4. The summed E-state index contributed by atoms with van der Waals surface area (Å²) < 4.78 is 9.92. The first kappa shape index (κ1) is 13.8. The van der Waals surface area contributed by atoms with Crippen molar-refractivity contribution in [2.24, 2.45) is 0 Å². The Bertz CT molecular complexity index is 553. The van der Waals surface area contributed by atoms with Crippen LogP contribution < -0.4 is 0 Å². The second-order valence-corrected chi connectivity index (χ2v) is 5.06. The van der Waals surface area contributed by atoms with Gasteiger partial charge in [-0.05, 0) is 23.8 Å². The van der Waals surface area contributed by atoms with Crippen LogP contribution in [-0.4, -0.2) is 22.7 Å². The third-order valence-corrected chi connectivity index (χ3v) is 2.60. The highest BCUT2D eigenvalue weighted by Gasteiger charge is 2.38. The molecule has 0 aliphatic carbocycles. The fraction of sp³-hybridized carbons (Fsp3) is 0.250. The lowest BCUT2D eigenvalue weighted by Gasteiger charge is -2.29. The Balaban J connectivity index is 2.38. The molecule has 0 N–H and O–H groups in total. The summed E-state index contributed by atoms with van der Waals surface area (Å²) >= 11 is 11.5. The highest BCUT2D eigenvalue weighted by Crippen LogP contribution is 2.25. The van der Waals surface area contributed by atoms with Crippen molar-refractivity contribution in [1.29, 1.82) is 0 Å². The molecule has 1 saturated heterocycles. The zero-order valence-corrected chi connectivity index (χ0v) is 11.6.